The van der Waals surface area contributed by atoms with Crippen molar-refractivity contribution in [3.63, 3.8) is 0 Å². The summed E-state index contributed by atoms with van der Waals surface area (Å²) in [6, 6.07) is 9.75. The summed E-state index contributed by atoms with van der Waals surface area (Å²) < 4.78 is 0. The van der Waals surface area contributed by atoms with Gasteiger partial charge in [-0.2, -0.15) is 10.5 Å². The highest BCUT2D eigenvalue weighted by Crippen LogP contribution is 2.30. The molecule has 0 spiro atoms. The Kier molecular flexibility index (Phi) is 3.03. The van der Waals surface area contributed by atoms with Crippen molar-refractivity contribution in [2.45, 2.75) is 25.2 Å². The molecule has 1 aromatic rings. The van der Waals surface area contributed by atoms with E-state index in [-0.39, 0.29) is 0 Å². The Balaban J connectivity index is 2.49. The second-order valence-corrected chi connectivity index (χ2v) is 3.96. The lowest BCUT2D eigenvalue weighted by molar-refractivity contribution is 0.653. The van der Waals surface area contributed by atoms with E-state index < -0.39 is 0 Å². The quantitative estimate of drug-likeness (QED) is 0.665. The first-order valence-corrected chi connectivity index (χ1v) is 5.46. The minimum absolute atomic E-state index is 0.302. The van der Waals surface area contributed by atoms with Gasteiger partial charge in [0.2, 0.25) is 0 Å². The molecule has 0 saturated carbocycles. The first-order chi connectivity index (χ1) is 7.86. The topological polar surface area (TPSA) is 47.6 Å². The van der Waals surface area contributed by atoms with Gasteiger partial charge in [-0.3, -0.25) is 0 Å². The summed E-state index contributed by atoms with van der Waals surface area (Å²) in [5.41, 5.74) is 2.03. The van der Waals surface area contributed by atoms with Crippen molar-refractivity contribution in [3.8, 4) is 12.1 Å². The molecule has 2 nitrogen and oxygen atoms in total. The van der Waals surface area contributed by atoms with Crippen molar-refractivity contribution in [2.75, 3.05) is 0 Å². The molecule has 0 fully saturated rings. The lowest BCUT2D eigenvalue weighted by atomic mass is 9.85. The van der Waals surface area contributed by atoms with E-state index in [2.05, 4.69) is 24.3 Å². The molecule has 0 saturated heterocycles. The average molecular weight is 208 g/mol. The van der Waals surface area contributed by atoms with Crippen LogP contribution in [0.25, 0.3) is 0 Å². The van der Waals surface area contributed by atoms with Crippen LogP contribution in [0, 0.1) is 22.7 Å². The molecule has 78 valence electrons. The minimum Gasteiger partial charge on any atom is -0.192 e. The predicted octanol–water partition coefficient (Wildman–Crippen LogP) is 3.25. The summed E-state index contributed by atoms with van der Waals surface area (Å²) in [4.78, 5) is 0. The molecule has 1 unspecified atom stereocenters. The van der Waals surface area contributed by atoms with E-state index in [1.165, 1.54) is 0 Å². The molecule has 0 bridgehead atoms. The van der Waals surface area contributed by atoms with Crippen LogP contribution in [-0.4, -0.2) is 0 Å². The molecule has 0 radical (unpaired) electrons. The highest BCUT2D eigenvalue weighted by atomic mass is 14.3. The van der Waals surface area contributed by atoms with Crippen LogP contribution in [0.5, 0.6) is 0 Å². The summed E-state index contributed by atoms with van der Waals surface area (Å²) in [5, 5.41) is 18.1. The Morgan fingerprint density at radius 3 is 2.69 bits per heavy atom. The highest BCUT2D eigenvalue weighted by Gasteiger charge is 2.16. The van der Waals surface area contributed by atoms with Gasteiger partial charge in [0, 0.05) is 5.92 Å². The van der Waals surface area contributed by atoms with Gasteiger partial charge in [-0.1, -0.05) is 24.3 Å². The van der Waals surface area contributed by atoms with Crippen LogP contribution in [0.3, 0.4) is 0 Å². The van der Waals surface area contributed by atoms with Crippen LogP contribution in [0.15, 0.2) is 30.4 Å². The average Bonchev–Trinajstić information content (AvgIpc) is 2.38. The van der Waals surface area contributed by atoms with Crippen molar-refractivity contribution in [2.24, 2.45) is 0 Å². The van der Waals surface area contributed by atoms with Gasteiger partial charge in [-0.15, -0.1) is 0 Å². The first-order valence-electron chi connectivity index (χ1n) is 5.46. The third-order valence-corrected chi connectivity index (χ3v) is 2.98. The number of nitriles is 2. The third-order valence-electron chi connectivity index (χ3n) is 2.98. The lowest BCUT2D eigenvalue weighted by Gasteiger charge is -2.18. The molecule has 1 atom stereocenters. The van der Waals surface area contributed by atoms with E-state index >= 15 is 0 Å². The zero-order valence-electron chi connectivity index (χ0n) is 8.98. The summed E-state index contributed by atoms with van der Waals surface area (Å²) in [5.74, 6) is 0.302. The molecule has 1 aliphatic rings. The second kappa shape index (κ2) is 4.64. The molecule has 16 heavy (non-hydrogen) atoms. The number of allylic oxidation sites excluding steroid dienone is 2. The Labute approximate surface area is 95.4 Å². The van der Waals surface area contributed by atoms with Crippen molar-refractivity contribution in [1.29, 1.82) is 10.5 Å². The van der Waals surface area contributed by atoms with Crippen LogP contribution in [0.1, 0.15) is 41.9 Å². The van der Waals surface area contributed by atoms with Crippen molar-refractivity contribution in [1.82, 2.24) is 0 Å². The van der Waals surface area contributed by atoms with E-state index in [9.17, 15) is 0 Å². The maximum absolute atomic E-state index is 9.14. The van der Waals surface area contributed by atoms with Gasteiger partial charge in [-0.25, -0.2) is 0 Å². The van der Waals surface area contributed by atoms with Gasteiger partial charge < -0.3 is 0 Å². The molecule has 2 heteroatoms. The SMILES string of the molecule is N#Cc1cccc(C2C=CCCC2)c1C#N. The number of hydrogen-bond acceptors (Lipinski definition) is 2. The molecule has 0 aliphatic heterocycles. The Morgan fingerprint density at radius 2 is 2.06 bits per heavy atom. The largest absolute Gasteiger partial charge is 0.192 e. The van der Waals surface area contributed by atoms with E-state index in [1.54, 1.807) is 6.07 Å². The first kappa shape index (κ1) is 10.5. The molecule has 1 aliphatic carbocycles. The molecule has 0 aromatic heterocycles. The van der Waals surface area contributed by atoms with Crippen LogP contribution in [-0.2, 0) is 0 Å². The molecule has 0 N–H and O–H groups in total. The monoisotopic (exact) mass is 208 g/mol. The summed E-state index contributed by atoms with van der Waals surface area (Å²) in [6.45, 7) is 0. The van der Waals surface area contributed by atoms with E-state index in [4.69, 9.17) is 10.5 Å². The normalized spacial score (nSPS) is 18.8. The Hall–Kier alpha value is -2.06. The number of hydrogen-bond donors (Lipinski definition) is 0. The smallest absolute Gasteiger partial charge is 0.101 e. The predicted molar refractivity (Wildman–Crippen MR) is 61.6 cm³/mol. The molecule has 0 heterocycles. The fourth-order valence-electron chi connectivity index (χ4n) is 2.17. The van der Waals surface area contributed by atoms with E-state index in [1.807, 2.05) is 12.1 Å². The third kappa shape index (κ3) is 1.83. The van der Waals surface area contributed by atoms with Gasteiger partial charge in [0.05, 0.1) is 11.1 Å². The van der Waals surface area contributed by atoms with Crippen molar-refractivity contribution < 1.29 is 0 Å². The van der Waals surface area contributed by atoms with Crippen LogP contribution in [0.2, 0.25) is 0 Å². The van der Waals surface area contributed by atoms with E-state index in [0.717, 1.165) is 24.8 Å². The van der Waals surface area contributed by atoms with Crippen molar-refractivity contribution in [3.05, 3.63) is 47.0 Å². The van der Waals surface area contributed by atoms with Gasteiger partial charge >= 0.3 is 0 Å². The number of benzene rings is 1. The lowest BCUT2D eigenvalue weighted by Crippen LogP contribution is -2.03. The van der Waals surface area contributed by atoms with Crippen molar-refractivity contribution >= 4 is 0 Å². The maximum Gasteiger partial charge on any atom is 0.101 e. The molecule has 1 aromatic carbocycles. The van der Waals surface area contributed by atoms with Crippen LogP contribution >= 0.6 is 0 Å². The molecular weight excluding hydrogens is 196 g/mol. The fraction of sp³-hybridized carbons (Fsp3) is 0.286. The Bertz CT molecular complexity index is 500. The standard InChI is InChI=1S/C14H12N2/c15-9-12-7-4-8-13(14(12)10-16)11-5-2-1-3-6-11/h2,4-5,7-8,11H,1,3,6H2. The van der Waals surface area contributed by atoms with Gasteiger partial charge in [-0.05, 0) is 30.9 Å². The summed E-state index contributed by atoms with van der Waals surface area (Å²) >= 11 is 0. The zero-order valence-corrected chi connectivity index (χ0v) is 8.98. The fourth-order valence-corrected chi connectivity index (χ4v) is 2.17. The number of rotatable bonds is 1. The van der Waals surface area contributed by atoms with Gasteiger partial charge in [0.25, 0.3) is 0 Å². The van der Waals surface area contributed by atoms with Crippen LogP contribution < -0.4 is 0 Å². The maximum atomic E-state index is 9.14. The minimum atomic E-state index is 0.302. The van der Waals surface area contributed by atoms with Gasteiger partial charge in [0.15, 0.2) is 0 Å². The zero-order chi connectivity index (χ0) is 11.4. The van der Waals surface area contributed by atoms with E-state index in [0.29, 0.717) is 17.0 Å². The second-order valence-electron chi connectivity index (χ2n) is 3.96. The van der Waals surface area contributed by atoms with Crippen LogP contribution in [0.4, 0.5) is 0 Å². The summed E-state index contributed by atoms with van der Waals surface area (Å²) in [6.07, 6.45) is 7.66. The Morgan fingerprint density at radius 1 is 1.19 bits per heavy atom. The summed E-state index contributed by atoms with van der Waals surface area (Å²) in [7, 11) is 0. The molecule has 2 rings (SSSR count). The van der Waals surface area contributed by atoms with Gasteiger partial charge in [0.1, 0.15) is 12.1 Å². The number of nitrogens with zero attached hydrogens (tertiary/aromatic N) is 2. The highest BCUT2D eigenvalue weighted by molar-refractivity contribution is 5.52. The molecular formula is C14H12N2. The molecule has 0 amide bonds.